The van der Waals surface area contributed by atoms with Gasteiger partial charge in [0, 0.05) is 5.69 Å². The maximum atomic E-state index is 2.41. The SMILES string of the molecule is CC(C)(C)c1ccc(N2CN(c3ccccc3)CN2c2ccc(C(C)(C)C)cc2)cc1. The summed E-state index contributed by atoms with van der Waals surface area (Å²) in [4.78, 5) is 2.41. The van der Waals surface area contributed by atoms with Gasteiger partial charge >= 0.3 is 0 Å². The van der Waals surface area contributed by atoms with Gasteiger partial charge in [0.2, 0.25) is 0 Å². The zero-order chi connectivity index (χ0) is 22.2. The molecule has 1 aliphatic heterocycles. The van der Waals surface area contributed by atoms with E-state index < -0.39 is 0 Å². The molecular formula is C28H35N3. The third-order valence-corrected chi connectivity index (χ3v) is 6.08. The average Bonchev–Trinajstić information content (AvgIpc) is 3.19. The lowest BCUT2D eigenvalue weighted by molar-refractivity contribution is 0.589. The maximum Gasteiger partial charge on any atom is 0.112 e. The van der Waals surface area contributed by atoms with E-state index in [4.69, 9.17) is 0 Å². The summed E-state index contributed by atoms with van der Waals surface area (Å²) in [6.07, 6.45) is 0. The van der Waals surface area contributed by atoms with Crippen molar-refractivity contribution in [1.82, 2.24) is 0 Å². The minimum atomic E-state index is 0.155. The van der Waals surface area contributed by atoms with Gasteiger partial charge in [0.25, 0.3) is 0 Å². The standard InChI is InChI=1S/C28H35N3/c1-27(2,3)22-12-16-25(17-13-22)30-20-29(24-10-8-7-9-11-24)21-31(30)26-18-14-23(15-19-26)28(4,5)6/h7-19H,20-21H2,1-6H3. The molecule has 1 heterocycles. The van der Waals surface area contributed by atoms with Gasteiger partial charge in [0.15, 0.2) is 0 Å². The molecule has 31 heavy (non-hydrogen) atoms. The van der Waals surface area contributed by atoms with Crippen LogP contribution in [-0.4, -0.2) is 13.3 Å². The van der Waals surface area contributed by atoms with Gasteiger partial charge in [-0.25, -0.2) is 0 Å². The predicted octanol–water partition coefficient (Wildman–Crippen LogP) is 6.94. The number of anilines is 3. The van der Waals surface area contributed by atoms with E-state index >= 15 is 0 Å². The van der Waals surface area contributed by atoms with Crippen LogP contribution in [0, 0.1) is 0 Å². The van der Waals surface area contributed by atoms with Gasteiger partial charge in [-0.2, -0.15) is 0 Å². The van der Waals surface area contributed by atoms with Crippen molar-refractivity contribution in [2.75, 3.05) is 28.3 Å². The van der Waals surface area contributed by atoms with Gasteiger partial charge in [-0.15, -0.1) is 0 Å². The molecule has 0 saturated carbocycles. The fourth-order valence-corrected chi connectivity index (χ4v) is 4.03. The third kappa shape index (κ3) is 4.56. The van der Waals surface area contributed by atoms with E-state index in [2.05, 4.69) is 135 Å². The zero-order valence-electron chi connectivity index (χ0n) is 19.8. The normalized spacial score (nSPS) is 15.0. The molecule has 3 aromatic carbocycles. The summed E-state index contributed by atoms with van der Waals surface area (Å²) in [7, 11) is 0. The highest BCUT2D eigenvalue weighted by Crippen LogP contribution is 2.33. The molecule has 0 unspecified atom stereocenters. The Labute approximate surface area is 187 Å². The van der Waals surface area contributed by atoms with Crippen LogP contribution >= 0.6 is 0 Å². The Hall–Kier alpha value is -2.94. The summed E-state index contributed by atoms with van der Waals surface area (Å²) < 4.78 is 0. The van der Waals surface area contributed by atoms with Crippen LogP contribution in [0.2, 0.25) is 0 Å². The highest BCUT2D eigenvalue weighted by atomic mass is 15.7. The van der Waals surface area contributed by atoms with Crippen molar-refractivity contribution in [3.63, 3.8) is 0 Å². The number of para-hydroxylation sites is 1. The number of rotatable bonds is 3. The van der Waals surface area contributed by atoms with E-state index in [1.165, 1.54) is 28.2 Å². The molecule has 0 aliphatic carbocycles. The first-order chi connectivity index (χ1) is 14.6. The van der Waals surface area contributed by atoms with Crippen molar-refractivity contribution >= 4 is 17.1 Å². The second-order valence-electron chi connectivity index (χ2n) is 10.6. The van der Waals surface area contributed by atoms with E-state index in [1.807, 2.05) is 0 Å². The van der Waals surface area contributed by atoms with Crippen molar-refractivity contribution < 1.29 is 0 Å². The smallest absolute Gasteiger partial charge is 0.112 e. The summed E-state index contributed by atoms with van der Waals surface area (Å²) in [6, 6.07) is 28.8. The topological polar surface area (TPSA) is 9.72 Å². The average molecular weight is 414 g/mol. The molecule has 0 atom stereocenters. The van der Waals surface area contributed by atoms with Gasteiger partial charge < -0.3 is 4.90 Å². The number of benzene rings is 3. The number of hydrogen-bond donors (Lipinski definition) is 0. The molecule has 0 aromatic heterocycles. The molecule has 4 rings (SSSR count). The fraction of sp³-hybridized carbons (Fsp3) is 0.357. The minimum Gasteiger partial charge on any atom is -0.332 e. The molecule has 0 bridgehead atoms. The number of nitrogens with zero attached hydrogens (tertiary/aromatic N) is 3. The van der Waals surface area contributed by atoms with Gasteiger partial charge in [0.05, 0.1) is 11.4 Å². The first kappa shape index (κ1) is 21.3. The van der Waals surface area contributed by atoms with Crippen LogP contribution in [0.1, 0.15) is 52.7 Å². The Balaban J connectivity index is 1.68. The van der Waals surface area contributed by atoms with E-state index in [0.717, 1.165) is 13.3 Å². The van der Waals surface area contributed by atoms with Crippen LogP contribution in [-0.2, 0) is 10.8 Å². The van der Waals surface area contributed by atoms with Crippen LogP contribution in [0.25, 0.3) is 0 Å². The number of hydrogen-bond acceptors (Lipinski definition) is 3. The van der Waals surface area contributed by atoms with Crippen molar-refractivity contribution in [3.8, 4) is 0 Å². The van der Waals surface area contributed by atoms with Crippen molar-refractivity contribution in [1.29, 1.82) is 0 Å². The van der Waals surface area contributed by atoms with Crippen LogP contribution in [0.4, 0.5) is 17.1 Å². The maximum absolute atomic E-state index is 2.41. The first-order valence-corrected chi connectivity index (χ1v) is 11.2. The molecule has 1 fully saturated rings. The van der Waals surface area contributed by atoms with Crippen molar-refractivity contribution in [2.24, 2.45) is 0 Å². The third-order valence-electron chi connectivity index (χ3n) is 6.08. The molecule has 0 spiro atoms. The Morgan fingerprint density at radius 1 is 0.484 bits per heavy atom. The van der Waals surface area contributed by atoms with Crippen LogP contribution in [0.15, 0.2) is 78.9 Å². The molecule has 0 radical (unpaired) electrons. The second kappa shape index (κ2) is 7.96. The Morgan fingerprint density at radius 3 is 1.23 bits per heavy atom. The lowest BCUT2D eigenvalue weighted by Crippen LogP contribution is -2.36. The summed E-state index contributed by atoms with van der Waals surface area (Å²) in [5, 5.41) is 4.76. The Morgan fingerprint density at radius 2 is 0.871 bits per heavy atom. The molecule has 3 aromatic rings. The first-order valence-electron chi connectivity index (χ1n) is 11.2. The Kier molecular flexibility index (Phi) is 5.47. The zero-order valence-corrected chi connectivity index (χ0v) is 19.8. The summed E-state index contributed by atoms with van der Waals surface area (Å²) in [5.74, 6) is 0. The molecule has 1 saturated heterocycles. The quantitative estimate of drug-likeness (QED) is 0.460. The molecule has 0 N–H and O–H groups in total. The molecule has 162 valence electrons. The summed E-state index contributed by atoms with van der Waals surface area (Å²) >= 11 is 0. The lowest BCUT2D eigenvalue weighted by atomic mass is 9.87. The van der Waals surface area contributed by atoms with E-state index in [1.54, 1.807) is 0 Å². The van der Waals surface area contributed by atoms with E-state index in [0.29, 0.717) is 0 Å². The van der Waals surface area contributed by atoms with Crippen molar-refractivity contribution in [3.05, 3.63) is 90.0 Å². The van der Waals surface area contributed by atoms with Crippen LogP contribution in [0.3, 0.4) is 0 Å². The largest absolute Gasteiger partial charge is 0.332 e. The summed E-state index contributed by atoms with van der Waals surface area (Å²) in [5.41, 5.74) is 6.70. The number of hydrazine groups is 1. The Bertz CT molecular complexity index is 928. The van der Waals surface area contributed by atoms with E-state index in [9.17, 15) is 0 Å². The van der Waals surface area contributed by atoms with Gasteiger partial charge in [-0.3, -0.25) is 10.0 Å². The highest BCUT2D eigenvalue weighted by molar-refractivity contribution is 5.64. The lowest BCUT2D eigenvalue weighted by Gasteiger charge is -2.31. The molecule has 3 heteroatoms. The van der Waals surface area contributed by atoms with Gasteiger partial charge in [-0.05, 0) is 58.4 Å². The van der Waals surface area contributed by atoms with Gasteiger partial charge in [0.1, 0.15) is 13.3 Å². The summed E-state index contributed by atoms with van der Waals surface area (Å²) in [6.45, 7) is 15.2. The molecule has 3 nitrogen and oxygen atoms in total. The van der Waals surface area contributed by atoms with Crippen LogP contribution < -0.4 is 14.9 Å². The second-order valence-corrected chi connectivity index (χ2v) is 10.6. The highest BCUT2D eigenvalue weighted by Gasteiger charge is 2.29. The molecule has 0 amide bonds. The minimum absolute atomic E-state index is 0.155. The molecular weight excluding hydrogens is 378 g/mol. The van der Waals surface area contributed by atoms with Gasteiger partial charge in [-0.1, -0.05) is 84.0 Å². The fourth-order valence-electron chi connectivity index (χ4n) is 4.03. The molecule has 1 aliphatic rings. The monoisotopic (exact) mass is 413 g/mol. The predicted molar refractivity (Wildman–Crippen MR) is 134 cm³/mol. The van der Waals surface area contributed by atoms with Crippen LogP contribution in [0.5, 0.6) is 0 Å². The van der Waals surface area contributed by atoms with Crippen molar-refractivity contribution in [2.45, 2.75) is 52.4 Å². The van der Waals surface area contributed by atoms with E-state index in [-0.39, 0.29) is 10.8 Å².